The molecule has 0 aromatic heterocycles. The highest BCUT2D eigenvalue weighted by Crippen LogP contribution is 2.34. The van der Waals surface area contributed by atoms with Crippen molar-refractivity contribution in [1.82, 2.24) is 10.2 Å². The smallest absolute Gasteiger partial charge is 0.127 e. The zero-order valence-electron chi connectivity index (χ0n) is 11.4. The van der Waals surface area contributed by atoms with Crippen LogP contribution in [0, 0.1) is 5.92 Å². The van der Waals surface area contributed by atoms with E-state index in [0.717, 1.165) is 42.8 Å². The fourth-order valence-electron chi connectivity index (χ4n) is 3.22. The van der Waals surface area contributed by atoms with Crippen LogP contribution in [0.3, 0.4) is 0 Å². The molecule has 1 atom stereocenters. The Kier molecular flexibility index (Phi) is 3.96. The molecule has 19 heavy (non-hydrogen) atoms. The number of hydrogen-bond acceptors (Lipinski definition) is 3. The highest BCUT2D eigenvalue weighted by Gasteiger charge is 2.24. The lowest BCUT2D eigenvalue weighted by Gasteiger charge is -2.18. The van der Waals surface area contributed by atoms with Gasteiger partial charge in [0.2, 0.25) is 0 Å². The Labute approximate surface area is 119 Å². The van der Waals surface area contributed by atoms with E-state index in [1.807, 2.05) is 13.1 Å². The number of nitrogens with zero attached hydrogens (tertiary/aromatic N) is 1. The molecule has 1 N–H and O–H groups in total. The minimum absolute atomic E-state index is 0.776. The van der Waals surface area contributed by atoms with Gasteiger partial charge in [-0.05, 0) is 50.2 Å². The molecule has 3 rings (SSSR count). The summed E-state index contributed by atoms with van der Waals surface area (Å²) in [6.07, 6.45) is 2.27. The molecule has 0 amide bonds. The van der Waals surface area contributed by atoms with Crippen LogP contribution in [0.1, 0.15) is 17.5 Å². The minimum Gasteiger partial charge on any atom is -0.493 e. The number of hydrogen-bond donors (Lipinski definition) is 1. The number of ether oxygens (including phenoxy) is 1. The van der Waals surface area contributed by atoms with Gasteiger partial charge < -0.3 is 10.1 Å². The van der Waals surface area contributed by atoms with Crippen LogP contribution >= 0.6 is 11.6 Å². The highest BCUT2D eigenvalue weighted by molar-refractivity contribution is 6.30. The maximum Gasteiger partial charge on any atom is 0.127 e. The molecule has 1 aromatic rings. The van der Waals surface area contributed by atoms with Gasteiger partial charge in [0.15, 0.2) is 0 Å². The van der Waals surface area contributed by atoms with E-state index in [2.05, 4.69) is 16.3 Å². The molecular weight excluding hydrogens is 260 g/mol. The third-order valence-electron chi connectivity index (χ3n) is 4.08. The number of benzene rings is 1. The Morgan fingerprint density at radius 1 is 1.47 bits per heavy atom. The fraction of sp³-hybridized carbons (Fsp3) is 0.600. The molecule has 2 heterocycles. The second-order valence-electron chi connectivity index (χ2n) is 5.60. The Morgan fingerprint density at radius 2 is 2.37 bits per heavy atom. The molecule has 2 aliphatic heterocycles. The number of halogens is 1. The SMILES string of the molecule is CNCC1CCN(Cc2cc(Cl)cc3c2OCC3)C1. The summed E-state index contributed by atoms with van der Waals surface area (Å²) in [5, 5.41) is 4.11. The van der Waals surface area contributed by atoms with Gasteiger partial charge in [0.25, 0.3) is 0 Å². The van der Waals surface area contributed by atoms with Crippen LogP contribution in [0.25, 0.3) is 0 Å². The van der Waals surface area contributed by atoms with E-state index >= 15 is 0 Å². The van der Waals surface area contributed by atoms with Crippen LogP contribution in [-0.2, 0) is 13.0 Å². The lowest BCUT2D eigenvalue weighted by atomic mass is 10.1. The van der Waals surface area contributed by atoms with Gasteiger partial charge in [-0.15, -0.1) is 0 Å². The predicted octanol–water partition coefficient (Wildman–Crippen LogP) is 2.32. The first-order chi connectivity index (χ1) is 9.26. The molecule has 3 nitrogen and oxygen atoms in total. The van der Waals surface area contributed by atoms with Crippen LogP contribution in [0.5, 0.6) is 5.75 Å². The normalized spacial score (nSPS) is 22.5. The highest BCUT2D eigenvalue weighted by atomic mass is 35.5. The summed E-state index contributed by atoms with van der Waals surface area (Å²) < 4.78 is 5.77. The molecule has 0 aliphatic carbocycles. The van der Waals surface area contributed by atoms with Crippen LogP contribution in [0.15, 0.2) is 12.1 Å². The van der Waals surface area contributed by atoms with Crippen LogP contribution in [0.4, 0.5) is 0 Å². The Balaban J connectivity index is 1.71. The first-order valence-electron chi connectivity index (χ1n) is 7.07. The van der Waals surface area contributed by atoms with Crippen molar-refractivity contribution in [2.75, 3.05) is 33.3 Å². The summed E-state index contributed by atoms with van der Waals surface area (Å²) in [6, 6.07) is 4.11. The second kappa shape index (κ2) is 5.70. The lowest BCUT2D eigenvalue weighted by Crippen LogP contribution is -2.24. The van der Waals surface area contributed by atoms with Crippen molar-refractivity contribution in [2.45, 2.75) is 19.4 Å². The zero-order valence-corrected chi connectivity index (χ0v) is 12.2. The topological polar surface area (TPSA) is 24.5 Å². The number of rotatable bonds is 4. The van der Waals surface area contributed by atoms with E-state index < -0.39 is 0 Å². The molecule has 0 radical (unpaired) electrons. The molecule has 0 bridgehead atoms. The van der Waals surface area contributed by atoms with Crippen molar-refractivity contribution in [3.63, 3.8) is 0 Å². The van der Waals surface area contributed by atoms with Crippen molar-refractivity contribution in [3.05, 3.63) is 28.3 Å². The summed E-state index contributed by atoms with van der Waals surface area (Å²) in [5.41, 5.74) is 2.53. The molecule has 1 aromatic carbocycles. The van der Waals surface area contributed by atoms with Gasteiger partial charge in [-0.1, -0.05) is 11.6 Å². The van der Waals surface area contributed by atoms with Gasteiger partial charge in [-0.2, -0.15) is 0 Å². The third-order valence-corrected chi connectivity index (χ3v) is 4.30. The van der Waals surface area contributed by atoms with Crippen LogP contribution < -0.4 is 10.1 Å². The Morgan fingerprint density at radius 3 is 3.21 bits per heavy atom. The first-order valence-corrected chi connectivity index (χ1v) is 7.45. The van der Waals surface area contributed by atoms with E-state index in [4.69, 9.17) is 16.3 Å². The largest absolute Gasteiger partial charge is 0.493 e. The van der Waals surface area contributed by atoms with Gasteiger partial charge in [-0.3, -0.25) is 4.90 Å². The molecule has 104 valence electrons. The van der Waals surface area contributed by atoms with Gasteiger partial charge in [0.05, 0.1) is 6.61 Å². The van der Waals surface area contributed by atoms with Crippen LogP contribution in [0.2, 0.25) is 5.02 Å². The molecule has 1 fully saturated rings. The third kappa shape index (κ3) is 2.88. The maximum atomic E-state index is 6.21. The molecule has 0 saturated carbocycles. The molecule has 1 saturated heterocycles. The first kappa shape index (κ1) is 13.2. The number of nitrogens with one attached hydrogen (secondary N) is 1. The Hall–Kier alpha value is -0.770. The van der Waals surface area contributed by atoms with Gasteiger partial charge in [0.1, 0.15) is 5.75 Å². The quantitative estimate of drug-likeness (QED) is 0.916. The molecule has 2 aliphatic rings. The van der Waals surface area contributed by atoms with E-state index in [0.29, 0.717) is 0 Å². The van der Waals surface area contributed by atoms with Crippen molar-refractivity contribution in [2.24, 2.45) is 5.92 Å². The summed E-state index contributed by atoms with van der Waals surface area (Å²) in [6.45, 7) is 5.21. The van der Waals surface area contributed by atoms with E-state index in [1.54, 1.807) is 0 Å². The molecule has 0 spiro atoms. The summed E-state index contributed by atoms with van der Waals surface area (Å²) in [4.78, 5) is 2.51. The zero-order chi connectivity index (χ0) is 13.2. The summed E-state index contributed by atoms with van der Waals surface area (Å²) in [5.74, 6) is 1.86. The van der Waals surface area contributed by atoms with Gasteiger partial charge in [0, 0.05) is 30.1 Å². The number of likely N-dealkylation sites (tertiary alicyclic amines) is 1. The maximum absolute atomic E-state index is 6.21. The van der Waals surface area contributed by atoms with Crippen molar-refractivity contribution >= 4 is 11.6 Å². The van der Waals surface area contributed by atoms with E-state index in [-0.39, 0.29) is 0 Å². The fourth-order valence-corrected chi connectivity index (χ4v) is 3.48. The van der Waals surface area contributed by atoms with E-state index in [9.17, 15) is 0 Å². The van der Waals surface area contributed by atoms with Crippen molar-refractivity contribution in [1.29, 1.82) is 0 Å². The van der Waals surface area contributed by atoms with Gasteiger partial charge in [-0.25, -0.2) is 0 Å². The lowest BCUT2D eigenvalue weighted by molar-refractivity contribution is 0.302. The summed E-state index contributed by atoms with van der Waals surface area (Å²) in [7, 11) is 2.03. The molecular formula is C15H21ClN2O. The summed E-state index contributed by atoms with van der Waals surface area (Å²) >= 11 is 6.21. The molecule has 1 unspecified atom stereocenters. The van der Waals surface area contributed by atoms with Crippen molar-refractivity contribution < 1.29 is 4.74 Å². The number of fused-ring (bicyclic) bond motifs is 1. The van der Waals surface area contributed by atoms with E-state index in [1.165, 1.54) is 30.6 Å². The average molecular weight is 281 g/mol. The average Bonchev–Trinajstić information content (AvgIpc) is 2.98. The monoisotopic (exact) mass is 280 g/mol. The molecule has 4 heteroatoms. The standard InChI is InChI=1S/C15H21ClN2O/c1-17-8-11-2-4-18(9-11)10-13-7-14(16)6-12-3-5-19-15(12)13/h6-7,11,17H,2-5,8-10H2,1H3. The van der Waals surface area contributed by atoms with Crippen molar-refractivity contribution in [3.8, 4) is 5.75 Å². The Bertz CT molecular complexity index is 464. The predicted molar refractivity (Wildman–Crippen MR) is 78.0 cm³/mol. The minimum atomic E-state index is 0.776. The van der Waals surface area contributed by atoms with Crippen LogP contribution in [-0.4, -0.2) is 38.2 Å². The second-order valence-corrected chi connectivity index (χ2v) is 6.04. The van der Waals surface area contributed by atoms with Gasteiger partial charge >= 0.3 is 0 Å².